The average molecular weight is 576 g/mol. The molecule has 0 aliphatic carbocycles. The van der Waals surface area contributed by atoms with Gasteiger partial charge in [0.1, 0.15) is 0 Å². The van der Waals surface area contributed by atoms with Gasteiger partial charge in [0.05, 0.1) is 16.7 Å². The van der Waals surface area contributed by atoms with Gasteiger partial charge in [-0.1, -0.05) is 133 Å². The van der Waals surface area contributed by atoms with Crippen LogP contribution in [0.2, 0.25) is 0 Å². The second-order valence-electron chi connectivity index (χ2n) is 11.6. The number of nitrogens with zero attached hydrogens (tertiary/aromatic N) is 1. The van der Waals surface area contributed by atoms with E-state index in [1.807, 2.05) is 11.3 Å². The van der Waals surface area contributed by atoms with Crippen molar-refractivity contribution in [1.82, 2.24) is 4.57 Å². The molecule has 0 bridgehead atoms. The van der Waals surface area contributed by atoms with Gasteiger partial charge in [-0.25, -0.2) is 0 Å². The topological polar surface area (TPSA) is 4.93 Å². The number of para-hydroxylation sites is 1. The third-order valence-electron chi connectivity index (χ3n) is 9.35. The molecule has 0 saturated carbocycles. The summed E-state index contributed by atoms with van der Waals surface area (Å²) in [6.07, 6.45) is 0. The average Bonchev–Trinajstić information content (AvgIpc) is 3.65. The zero-order chi connectivity index (χ0) is 28.8. The Hall–Kier alpha value is -5.44. The van der Waals surface area contributed by atoms with Crippen LogP contribution in [-0.4, -0.2) is 4.57 Å². The van der Waals surface area contributed by atoms with E-state index in [0.717, 1.165) is 0 Å². The highest BCUT2D eigenvalue weighted by Gasteiger charge is 2.23. The molecule has 2 heterocycles. The molecule has 44 heavy (non-hydrogen) atoms. The number of fused-ring (bicyclic) bond motifs is 13. The third-order valence-corrected chi connectivity index (χ3v) is 10.6. The van der Waals surface area contributed by atoms with Crippen LogP contribution in [0.5, 0.6) is 0 Å². The Morgan fingerprint density at radius 3 is 1.82 bits per heavy atom. The van der Waals surface area contributed by atoms with E-state index in [9.17, 15) is 0 Å². The summed E-state index contributed by atoms with van der Waals surface area (Å²) in [6.45, 7) is 0. The summed E-state index contributed by atoms with van der Waals surface area (Å²) in [5, 5.41) is 13.1. The van der Waals surface area contributed by atoms with Gasteiger partial charge in [-0.2, -0.15) is 0 Å². The fraction of sp³-hybridized carbons (Fsp3) is 0. The summed E-state index contributed by atoms with van der Waals surface area (Å²) in [5.41, 5.74) is 6.21. The minimum absolute atomic E-state index is 1.21. The lowest BCUT2D eigenvalue weighted by Gasteiger charge is -2.13. The highest BCUT2D eigenvalue weighted by Crippen LogP contribution is 2.51. The molecule has 10 rings (SSSR count). The van der Waals surface area contributed by atoms with Gasteiger partial charge in [-0.3, -0.25) is 0 Å². The summed E-state index contributed by atoms with van der Waals surface area (Å²) in [6, 6.07) is 55.7. The Labute approximate surface area is 257 Å². The fourth-order valence-corrected chi connectivity index (χ4v) is 8.95. The quantitative estimate of drug-likeness (QED) is 0.181. The number of benzene rings is 8. The fourth-order valence-electron chi connectivity index (χ4n) is 7.51. The van der Waals surface area contributed by atoms with Gasteiger partial charge < -0.3 is 4.57 Å². The molecular weight excluding hydrogens is 551 g/mol. The van der Waals surface area contributed by atoms with Crippen molar-refractivity contribution in [2.24, 2.45) is 0 Å². The molecule has 2 aromatic heterocycles. The maximum atomic E-state index is 2.50. The van der Waals surface area contributed by atoms with Gasteiger partial charge in [0.25, 0.3) is 0 Å². The number of thiophene rings is 1. The van der Waals surface area contributed by atoms with E-state index in [1.54, 1.807) is 0 Å². The lowest BCUT2D eigenvalue weighted by Crippen LogP contribution is -1.95. The minimum Gasteiger partial charge on any atom is -0.309 e. The Morgan fingerprint density at radius 2 is 1.00 bits per heavy atom. The molecule has 0 N–H and O–H groups in total. The maximum absolute atomic E-state index is 2.50. The van der Waals surface area contributed by atoms with Crippen LogP contribution in [0, 0.1) is 0 Å². The molecule has 204 valence electrons. The van der Waals surface area contributed by atoms with Crippen molar-refractivity contribution in [1.29, 1.82) is 0 Å². The summed E-state index contributed by atoms with van der Waals surface area (Å²) in [7, 11) is 0. The molecule has 0 fully saturated rings. The van der Waals surface area contributed by atoms with E-state index < -0.39 is 0 Å². The van der Waals surface area contributed by atoms with Crippen LogP contribution in [0.4, 0.5) is 0 Å². The molecule has 10 aromatic rings. The van der Waals surface area contributed by atoms with Gasteiger partial charge in [-0.05, 0) is 50.9 Å². The Kier molecular flexibility index (Phi) is 4.94. The summed E-state index contributed by atoms with van der Waals surface area (Å²) in [5.74, 6) is 0. The van der Waals surface area contributed by atoms with Gasteiger partial charge >= 0.3 is 0 Å². The van der Waals surface area contributed by atoms with Crippen molar-refractivity contribution in [2.45, 2.75) is 0 Å². The van der Waals surface area contributed by atoms with E-state index in [4.69, 9.17) is 0 Å². The molecule has 0 unspecified atom stereocenters. The number of rotatable bonds is 2. The van der Waals surface area contributed by atoms with E-state index >= 15 is 0 Å². The molecule has 1 nitrogen and oxygen atoms in total. The Balaban J connectivity index is 1.51. The lowest BCUT2D eigenvalue weighted by molar-refractivity contribution is 1.20. The van der Waals surface area contributed by atoms with Crippen molar-refractivity contribution in [3.8, 4) is 16.8 Å². The van der Waals surface area contributed by atoms with Crippen LogP contribution in [0.1, 0.15) is 0 Å². The van der Waals surface area contributed by atoms with Gasteiger partial charge in [0.15, 0.2) is 0 Å². The zero-order valence-corrected chi connectivity index (χ0v) is 24.6. The molecule has 0 radical (unpaired) electrons. The molecule has 2 heteroatoms. The molecular formula is C42H25NS. The third kappa shape index (κ3) is 3.18. The number of hydrogen-bond donors (Lipinski definition) is 0. The molecule has 0 aliphatic heterocycles. The molecule has 0 aliphatic rings. The second kappa shape index (κ2) is 9.03. The predicted molar refractivity (Wildman–Crippen MR) is 192 cm³/mol. The predicted octanol–water partition coefficient (Wildman–Crippen LogP) is 12.3. The van der Waals surface area contributed by atoms with E-state index in [1.165, 1.54) is 91.1 Å². The largest absolute Gasteiger partial charge is 0.309 e. The Bertz CT molecular complexity index is 2760. The van der Waals surface area contributed by atoms with E-state index in [2.05, 4.69) is 156 Å². The van der Waals surface area contributed by atoms with Gasteiger partial charge in [0, 0.05) is 41.7 Å². The van der Waals surface area contributed by atoms with Gasteiger partial charge in [0.2, 0.25) is 0 Å². The van der Waals surface area contributed by atoms with Crippen LogP contribution in [0.3, 0.4) is 0 Å². The molecule has 0 spiro atoms. The first-order valence-electron chi connectivity index (χ1n) is 15.1. The Morgan fingerprint density at radius 1 is 0.386 bits per heavy atom. The zero-order valence-electron chi connectivity index (χ0n) is 23.8. The van der Waals surface area contributed by atoms with Crippen LogP contribution < -0.4 is 0 Å². The first-order chi connectivity index (χ1) is 21.9. The SMILES string of the molecule is c1ccc(-c2cc3c(c4ccccc4n3-c3cccc4ccccc34)c3sc4c5ccccc5c5ccccc5c4c23)cc1. The second-order valence-corrected chi connectivity index (χ2v) is 12.7. The molecule has 0 saturated heterocycles. The molecule has 0 atom stereocenters. The van der Waals surface area contributed by atoms with Crippen molar-refractivity contribution in [2.75, 3.05) is 0 Å². The lowest BCUT2D eigenvalue weighted by atomic mass is 9.92. The van der Waals surface area contributed by atoms with E-state index in [0.29, 0.717) is 0 Å². The smallest absolute Gasteiger partial charge is 0.0562 e. The minimum atomic E-state index is 1.21. The molecule has 8 aromatic carbocycles. The van der Waals surface area contributed by atoms with Crippen molar-refractivity contribution in [3.63, 3.8) is 0 Å². The van der Waals surface area contributed by atoms with Crippen molar-refractivity contribution >= 4 is 85.6 Å². The first kappa shape index (κ1) is 24.0. The monoisotopic (exact) mass is 575 g/mol. The standard InChI is InChI=1S/C42H25NS/c1-2-13-27(14-3-1)34-25-37-38(33-22-10-11-23-36(33)43(37)35-24-12-16-26-15-4-5-17-28(26)35)42-40(34)39-31-20-8-6-18-29(31)30-19-7-9-21-32(30)41(39)44-42/h1-25H. The summed E-state index contributed by atoms with van der Waals surface area (Å²) >= 11 is 1.96. The maximum Gasteiger partial charge on any atom is 0.0562 e. The number of aromatic nitrogens is 1. The number of hydrogen-bond acceptors (Lipinski definition) is 1. The van der Waals surface area contributed by atoms with E-state index in [-0.39, 0.29) is 0 Å². The molecule has 0 amide bonds. The summed E-state index contributed by atoms with van der Waals surface area (Å²) in [4.78, 5) is 0. The summed E-state index contributed by atoms with van der Waals surface area (Å²) < 4.78 is 5.22. The van der Waals surface area contributed by atoms with Crippen LogP contribution in [0.25, 0.3) is 91.1 Å². The van der Waals surface area contributed by atoms with Crippen LogP contribution >= 0.6 is 11.3 Å². The first-order valence-corrected chi connectivity index (χ1v) is 15.9. The normalized spacial score (nSPS) is 12.1. The van der Waals surface area contributed by atoms with Gasteiger partial charge in [-0.15, -0.1) is 11.3 Å². The highest BCUT2D eigenvalue weighted by atomic mass is 32.1. The highest BCUT2D eigenvalue weighted by molar-refractivity contribution is 7.28. The van der Waals surface area contributed by atoms with Crippen molar-refractivity contribution < 1.29 is 0 Å². The van der Waals surface area contributed by atoms with Crippen LogP contribution in [0.15, 0.2) is 152 Å². The van der Waals surface area contributed by atoms with Crippen molar-refractivity contribution in [3.05, 3.63) is 152 Å². The van der Waals surface area contributed by atoms with Crippen LogP contribution in [-0.2, 0) is 0 Å².